The number of carbonyl (C=O) groups is 4. The summed E-state index contributed by atoms with van der Waals surface area (Å²) in [6.45, 7) is 0. The van der Waals surface area contributed by atoms with Gasteiger partial charge in [-0.15, -0.1) is 0 Å². The van der Waals surface area contributed by atoms with Gasteiger partial charge in [0.05, 0.1) is 34.9 Å². The number of imide groups is 1. The SMILES string of the molecule is O=C([O-])c1ccc(N2C(=O)[C@@H]3C4c5ccccc5C(C(=O)[O-])(c5ccccc54)[C@H]3C2=O)cc1. The molecule has 0 radical (unpaired) electrons. The Morgan fingerprint density at radius 2 is 1.30 bits per heavy atom. The lowest BCUT2D eigenvalue weighted by Gasteiger charge is -2.54. The van der Waals surface area contributed by atoms with Crippen LogP contribution >= 0.6 is 0 Å². The van der Waals surface area contributed by atoms with Crippen molar-refractivity contribution in [1.29, 1.82) is 0 Å². The first kappa shape index (κ1) is 19.4. The summed E-state index contributed by atoms with van der Waals surface area (Å²) in [4.78, 5) is 52.5. The van der Waals surface area contributed by atoms with Gasteiger partial charge in [-0.3, -0.25) is 9.59 Å². The molecule has 3 aromatic rings. The minimum atomic E-state index is -1.81. The number of hydrogen-bond acceptors (Lipinski definition) is 6. The lowest BCUT2D eigenvalue weighted by Crippen LogP contribution is -2.61. The van der Waals surface area contributed by atoms with E-state index in [1.807, 2.05) is 0 Å². The van der Waals surface area contributed by atoms with Gasteiger partial charge >= 0.3 is 0 Å². The molecule has 4 aliphatic rings. The number of amides is 2. The Balaban J connectivity index is 1.61. The first-order chi connectivity index (χ1) is 15.9. The first-order valence-corrected chi connectivity index (χ1v) is 10.5. The average molecular weight is 437 g/mol. The van der Waals surface area contributed by atoms with E-state index in [1.54, 1.807) is 48.5 Å². The van der Waals surface area contributed by atoms with E-state index in [0.717, 1.165) is 4.90 Å². The molecule has 2 atom stereocenters. The number of rotatable bonds is 3. The normalized spacial score (nSPS) is 26.5. The Morgan fingerprint density at radius 3 is 1.82 bits per heavy atom. The standard InChI is InChI=1S/C26H17NO6/c28-22-20-19-15-5-1-3-7-17(15)26(25(32)33,18-8-4-2-6-16(18)19)21(20)23(29)27(22)14-11-9-13(10-12-14)24(30)31/h1-12,19-21H,(H,30,31)(H,32,33)/p-2/t19?,20-,21-,26?/m1/s1. The quantitative estimate of drug-likeness (QED) is 0.546. The lowest BCUT2D eigenvalue weighted by atomic mass is 9.47. The molecule has 162 valence electrons. The van der Waals surface area contributed by atoms with Crippen LogP contribution in [0.15, 0.2) is 72.8 Å². The highest BCUT2D eigenvalue weighted by Crippen LogP contribution is 2.64. The molecule has 0 unspecified atom stereocenters. The van der Waals surface area contributed by atoms with Crippen LogP contribution < -0.4 is 15.1 Å². The fraction of sp³-hybridized carbons (Fsp3) is 0.154. The molecule has 33 heavy (non-hydrogen) atoms. The number of benzene rings is 3. The molecule has 0 aromatic heterocycles. The monoisotopic (exact) mass is 437 g/mol. The van der Waals surface area contributed by atoms with Crippen LogP contribution in [-0.2, 0) is 19.8 Å². The van der Waals surface area contributed by atoms with Crippen molar-refractivity contribution >= 4 is 29.4 Å². The Kier molecular flexibility index (Phi) is 3.76. The van der Waals surface area contributed by atoms with Crippen LogP contribution in [0.5, 0.6) is 0 Å². The summed E-state index contributed by atoms with van der Waals surface area (Å²) in [5, 5.41) is 24.0. The van der Waals surface area contributed by atoms with E-state index in [2.05, 4.69) is 0 Å². The van der Waals surface area contributed by atoms with E-state index < -0.39 is 46.9 Å². The number of aliphatic carboxylic acids is 1. The van der Waals surface area contributed by atoms with Crippen molar-refractivity contribution in [2.24, 2.45) is 11.8 Å². The lowest BCUT2D eigenvalue weighted by molar-refractivity contribution is -0.314. The van der Waals surface area contributed by atoms with Crippen molar-refractivity contribution in [3.8, 4) is 0 Å². The number of nitrogens with zero attached hydrogens (tertiary/aromatic N) is 1. The third-order valence-electron chi connectivity index (χ3n) is 7.30. The Hall–Kier alpha value is -4.26. The number of carboxylic acid groups (broad SMARTS) is 2. The Labute approximate surface area is 187 Å². The number of aromatic carboxylic acids is 1. The second-order valence-electron chi connectivity index (χ2n) is 8.60. The van der Waals surface area contributed by atoms with Crippen molar-refractivity contribution in [3.05, 3.63) is 101 Å². The Bertz CT molecular complexity index is 1340. The maximum atomic E-state index is 13.8. The van der Waals surface area contributed by atoms with Gasteiger partial charge in [0, 0.05) is 5.92 Å². The zero-order chi connectivity index (χ0) is 23.1. The van der Waals surface area contributed by atoms with Crippen LogP contribution in [0.2, 0.25) is 0 Å². The van der Waals surface area contributed by atoms with Crippen LogP contribution in [0.3, 0.4) is 0 Å². The highest BCUT2D eigenvalue weighted by atomic mass is 16.4. The first-order valence-electron chi connectivity index (χ1n) is 10.5. The number of hydrogen-bond donors (Lipinski definition) is 0. The number of anilines is 1. The molecule has 1 aliphatic heterocycles. The molecule has 3 aromatic carbocycles. The fourth-order valence-electron chi connectivity index (χ4n) is 6.12. The van der Waals surface area contributed by atoms with Crippen molar-refractivity contribution in [2.75, 3.05) is 4.90 Å². The van der Waals surface area contributed by atoms with E-state index in [-0.39, 0.29) is 11.3 Å². The molecule has 1 heterocycles. The average Bonchev–Trinajstić information content (AvgIpc) is 3.09. The smallest absolute Gasteiger partial charge is 0.239 e. The van der Waals surface area contributed by atoms with E-state index in [9.17, 15) is 29.4 Å². The van der Waals surface area contributed by atoms with Gasteiger partial charge in [0.25, 0.3) is 0 Å². The molecule has 7 nitrogen and oxygen atoms in total. The van der Waals surface area contributed by atoms with Crippen molar-refractivity contribution in [1.82, 2.24) is 0 Å². The maximum Gasteiger partial charge on any atom is 0.239 e. The van der Waals surface area contributed by atoms with Crippen molar-refractivity contribution < 1.29 is 29.4 Å². The molecule has 0 N–H and O–H groups in total. The zero-order valence-electron chi connectivity index (χ0n) is 17.1. The van der Waals surface area contributed by atoms with Gasteiger partial charge in [-0.2, -0.15) is 0 Å². The van der Waals surface area contributed by atoms with Gasteiger partial charge in [0.1, 0.15) is 0 Å². The van der Waals surface area contributed by atoms with Gasteiger partial charge in [-0.25, -0.2) is 4.90 Å². The molecular weight excluding hydrogens is 422 g/mol. The van der Waals surface area contributed by atoms with E-state index >= 15 is 0 Å². The van der Waals surface area contributed by atoms with E-state index in [4.69, 9.17) is 0 Å². The topological polar surface area (TPSA) is 118 Å². The number of carbonyl (C=O) groups excluding carboxylic acids is 4. The van der Waals surface area contributed by atoms with Crippen molar-refractivity contribution in [2.45, 2.75) is 11.3 Å². The minimum Gasteiger partial charge on any atom is -0.549 e. The van der Waals surface area contributed by atoms with Gasteiger partial charge in [0.2, 0.25) is 11.8 Å². The summed E-state index contributed by atoms with van der Waals surface area (Å²) in [6, 6.07) is 19.2. The molecule has 7 rings (SSSR count). The van der Waals surface area contributed by atoms with Crippen LogP contribution in [0, 0.1) is 11.8 Å². The molecule has 7 heteroatoms. The largest absolute Gasteiger partial charge is 0.549 e. The summed E-state index contributed by atoms with van der Waals surface area (Å²) >= 11 is 0. The van der Waals surface area contributed by atoms with Gasteiger partial charge in [-0.05, 0) is 39.9 Å². The summed E-state index contributed by atoms with van der Waals surface area (Å²) in [6.07, 6.45) is 0. The van der Waals surface area contributed by atoms with Crippen LogP contribution in [0.25, 0.3) is 0 Å². The van der Waals surface area contributed by atoms with Gasteiger partial charge in [0.15, 0.2) is 0 Å². The Morgan fingerprint density at radius 1 is 0.758 bits per heavy atom. The molecule has 1 fully saturated rings. The van der Waals surface area contributed by atoms with Crippen LogP contribution in [0.4, 0.5) is 5.69 Å². The van der Waals surface area contributed by atoms with Crippen LogP contribution in [-0.4, -0.2) is 23.8 Å². The molecule has 2 amide bonds. The maximum absolute atomic E-state index is 13.8. The second kappa shape index (κ2) is 6.38. The summed E-state index contributed by atoms with van der Waals surface area (Å²) in [7, 11) is 0. The second-order valence-corrected chi connectivity index (χ2v) is 8.60. The van der Waals surface area contributed by atoms with Crippen molar-refractivity contribution in [3.63, 3.8) is 0 Å². The molecule has 2 bridgehead atoms. The fourth-order valence-corrected chi connectivity index (χ4v) is 6.12. The highest BCUT2D eigenvalue weighted by Gasteiger charge is 2.68. The molecular formula is C26H15NO6-2. The zero-order valence-corrected chi connectivity index (χ0v) is 17.1. The minimum absolute atomic E-state index is 0.0960. The van der Waals surface area contributed by atoms with Crippen LogP contribution in [0.1, 0.15) is 38.5 Å². The van der Waals surface area contributed by atoms with Gasteiger partial charge < -0.3 is 19.8 Å². The van der Waals surface area contributed by atoms with Gasteiger partial charge in [-0.1, -0.05) is 60.7 Å². The van der Waals surface area contributed by atoms with E-state index in [0.29, 0.717) is 22.3 Å². The number of carboxylic acids is 2. The highest BCUT2D eigenvalue weighted by molar-refractivity contribution is 6.25. The summed E-state index contributed by atoms with van der Waals surface area (Å²) in [5.74, 6) is -6.52. The predicted octanol–water partition coefficient (Wildman–Crippen LogP) is 0.351. The summed E-state index contributed by atoms with van der Waals surface area (Å²) < 4.78 is 0. The van der Waals surface area contributed by atoms with E-state index in [1.165, 1.54) is 24.3 Å². The molecule has 0 spiro atoms. The third kappa shape index (κ3) is 2.18. The molecule has 3 aliphatic carbocycles. The third-order valence-corrected chi connectivity index (χ3v) is 7.30. The molecule has 0 saturated carbocycles. The molecule has 1 saturated heterocycles. The summed E-state index contributed by atoms with van der Waals surface area (Å²) in [5.41, 5.74) is 0.648. The predicted molar refractivity (Wildman–Crippen MR) is 111 cm³/mol.